The van der Waals surface area contributed by atoms with Crippen molar-refractivity contribution in [3.63, 3.8) is 0 Å². The van der Waals surface area contributed by atoms with E-state index in [4.69, 9.17) is 4.42 Å². The first-order chi connectivity index (χ1) is 14.4. The van der Waals surface area contributed by atoms with Crippen LogP contribution in [0, 0.1) is 6.92 Å². The normalized spacial score (nSPS) is 11.3. The molecular weight excluding hydrogens is 512 g/mol. The molecule has 30 heavy (non-hydrogen) atoms. The van der Waals surface area contributed by atoms with E-state index in [1.54, 1.807) is 36.5 Å². The van der Waals surface area contributed by atoms with Gasteiger partial charge in [-0.3, -0.25) is 9.79 Å². The summed E-state index contributed by atoms with van der Waals surface area (Å²) in [5.74, 6) is 0.0660. The van der Waals surface area contributed by atoms with Crippen LogP contribution in [-0.2, 0) is 0 Å². The molecule has 0 aliphatic rings. The van der Waals surface area contributed by atoms with Crippen LogP contribution in [0.4, 0.5) is 11.4 Å². The number of benzene rings is 3. The highest BCUT2D eigenvalue weighted by Crippen LogP contribution is 2.31. The van der Waals surface area contributed by atoms with Gasteiger partial charge in [0.25, 0.3) is 5.91 Å². The first-order valence-electron chi connectivity index (χ1n) is 9.03. The Bertz CT molecular complexity index is 1260. The summed E-state index contributed by atoms with van der Waals surface area (Å²) in [5, 5.41) is 13.9. The molecule has 0 atom stereocenters. The number of nitrogens with one attached hydrogen (secondary N) is 1. The van der Waals surface area contributed by atoms with Gasteiger partial charge in [-0.05, 0) is 70.9 Å². The van der Waals surface area contributed by atoms with E-state index in [2.05, 4.69) is 42.2 Å². The van der Waals surface area contributed by atoms with E-state index in [0.29, 0.717) is 27.0 Å². The predicted octanol–water partition coefficient (Wildman–Crippen LogP) is 6.97. The number of hydrogen-bond acceptors (Lipinski definition) is 4. The summed E-state index contributed by atoms with van der Waals surface area (Å²) in [6, 6.07) is 18.2. The lowest BCUT2D eigenvalue weighted by molar-refractivity contribution is 0.0998. The van der Waals surface area contributed by atoms with E-state index >= 15 is 0 Å². The van der Waals surface area contributed by atoms with Crippen LogP contribution < -0.4 is 5.32 Å². The molecule has 0 saturated carbocycles. The average Bonchev–Trinajstić information content (AvgIpc) is 3.16. The van der Waals surface area contributed by atoms with E-state index in [0.717, 1.165) is 15.4 Å². The zero-order chi connectivity index (χ0) is 21.3. The van der Waals surface area contributed by atoms with Crippen molar-refractivity contribution in [3.05, 3.63) is 86.5 Å². The molecule has 1 amide bonds. The third-order valence-corrected chi connectivity index (χ3v) is 5.58. The van der Waals surface area contributed by atoms with Crippen LogP contribution in [0.2, 0.25) is 0 Å². The number of aliphatic imine (C=N–C) groups is 1. The molecular formula is C23H16Br2N2O3. The van der Waals surface area contributed by atoms with Crippen molar-refractivity contribution in [2.45, 2.75) is 6.92 Å². The topological polar surface area (TPSA) is 74.8 Å². The largest absolute Gasteiger partial charge is 0.506 e. The summed E-state index contributed by atoms with van der Waals surface area (Å²) >= 11 is 6.71. The lowest BCUT2D eigenvalue weighted by Gasteiger charge is -2.08. The summed E-state index contributed by atoms with van der Waals surface area (Å²) in [7, 11) is 0. The molecule has 150 valence electrons. The number of phenols is 1. The van der Waals surface area contributed by atoms with Crippen molar-refractivity contribution in [3.8, 4) is 5.75 Å². The third-order valence-electron chi connectivity index (χ3n) is 4.52. The van der Waals surface area contributed by atoms with Crippen molar-refractivity contribution in [1.29, 1.82) is 0 Å². The molecule has 5 nitrogen and oxygen atoms in total. The van der Waals surface area contributed by atoms with Crippen LogP contribution in [0.1, 0.15) is 21.7 Å². The van der Waals surface area contributed by atoms with Crippen molar-refractivity contribution in [1.82, 2.24) is 0 Å². The molecule has 2 N–H and O–H groups in total. The molecule has 0 saturated heterocycles. The fraction of sp³-hybridized carbons (Fsp3) is 0.0435. The van der Waals surface area contributed by atoms with E-state index in [9.17, 15) is 9.90 Å². The molecule has 7 heteroatoms. The quantitative estimate of drug-likeness (QED) is 0.281. The van der Waals surface area contributed by atoms with Gasteiger partial charge in [0, 0.05) is 27.3 Å². The zero-order valence-corrected chi connectivity index (χ0v) is 19.0. The number of rotatable bonds is 4. The van der Waals surface area contributed by atoms with Gasteiger partial charge in [-0.15, -0.1) is 0 Å². The number of para-hydroxylation sites is 1. The Morgan fingerprint density at radius 1 is 1.10 bits per heavy atom. The predicted molar refractivity (Wildman–Crippen MR) is 126 cm³/mol. The molecule has 1 aromatic heterocycles. The van der Waals surface area contributed by atoms with Crippen molar-refractivity contribution < 1.29 is 14.3 Å². The minimum absolute atomic E-state index is 0.119. The fourth-order valence-electron chi connectivity index (χ4n) is 2.97. The number of anilines is 1. The van der Waals surface area contributed by atoms with Gasteiger partial charge in [-0.25, -0.2) is 0 Å². The molecule has 0 aliphatic heterocycles. The Hall–Kier alpha value is -2.90. The molecule has 0 spiro atoms. The fourth-order valence-corrected chi connectivity index (χ4v) is 4.23. The first kappa shape index (κ1) is 20.4. The van der Waals surface area contributed by atoms with E-state index in [-0.39, 0.29) is 17.4 Å². The number of fused-ring (bicyclic) bond motifs is 1. The molecule has 0 aliphatic carbocycles. The first-order valence-corrected chi connectivity index (χ1v) is 10.6. The number of aromatic hydroxyl groups is 1. The van der Waals surface area contributed by atoms with Crippen LogP contribution in [0.3, 0.4) is 0 Å². The molecule has 0 unspecified atom stereocenters. The minimum Gasteiger partial charge on any atom is -0.506 e. The Morgan fingerprint density at radius 2 is 1.90 bits per heavy atom. The molecule has 0 bridgehead atoms. The summed E-state index contributed by atoms with van der Waals surface area (Å²) in [6.07, 6.45) is 1.59. The van der Waals surface area contributed by atoms with Gasteiger partial charge in [0.15, 0.2) is 5.76 Å². The maximum Gasteiger partial charge on any atom is 0.291 e. The number of carbonyl (C=O) groups is 1. The highest BCUT2D eigenvalue weighted by molar-refractivity contribution is 9.11. The summed E-state index contributed by atoms with van der Waals surface area (Å²) in [6.45, 7) is 1.89. The second-order valence-electron chi connectivity index (χ2n) is 6.69. The van der Waals surface area contributed by atoms with Gasteiger partial charge in [0.05, 0.1) is 10.2 Å². The van der Waals surface area contributed by atoms with E-state index < -0.39 is 0 Å². The Kier molecular flexibility index (Phi) is 5.74. The number of halogens is 2. The molecule has 0 radical (unpaired) electrons. The van der Waals surface area contributed by atoms with Crippen molar-refractivity contribution in [2.75, 3.05) is 5.32 Å². The maximum absolute atomic E-state index is 12.6. The summed E-state index contributed by atoms with van der Waals surface area (Å²) in [4.78, 5) is 17.0. The number of phenolic OH excluding ortho intramolecular Hbond substituents is 1. The molecule has 4 rings (SSSR count). The number of hydrogen-bond donors (Lipinski definition) is 2. The summed E-state index contributed by atoms with van der Waals surface area (Å²) in [5.41, 5.74) is 3.48. The van der Waals surface area contributed by atoms with Crippen molar-refractivity contribution in [2.24, 2.45) is 4.99 Å². The Morgan fingerprint density at radius 3 is 2.67 bits per heavy atom. The van der Waals surface area contributed by atoms with Crippen LogP contribution in [-0.4, -0.2) is 17.2 Å². The lowest BCUT2D eigenvalue weighted by Crippen LogP contribution is -2.11. The lowest BCUT2D eigenvalue weighted by atomic mass is 10.1. The van der Waals surface area contributed by atoms with Crippen LogP contribution in [0.5, 0.6) is 5.75 Å². The van der Waals surface area contributed by atoms with Gasteiger partial charge in [0.1, 0.15) is 11.3 Å². The van der Waals surface area contributed by atoms with Gasteiger partial charge in [0.2, 0.25) is 0 Å². The SMILES string of the molecule is Cc1cc(N=Cc2cc(Br)cc(Br)c2O)ccc1NC(=O)c1cc2ccccc2o1. The smallest absolute Gasteiger partial charge is 0.291 e. The van der Waals surface area contributed by atoms with Crippen molar-refractivity contribution >= 4 is 66.3 Å². The second kappa shape index (κ2) is 8.45. The zero-order valence-electron chi connectivity index (χ0n) is 15.8. The monoisotopic (exact) mass is 526 g/mol. The molecule has 1 heterocycles. The van der Waals surface area contributed by atoms with E-state index in [1.807, 2.05) is 37.3 Å². The molecule has 4 aromatic rings. The van der Waals surface area contributed by atoms with Gasteiger partial charge >= 0.3 is 0 Å². The number of amides is 1. The Balaban J connectivity index is 1.52. The highest BCUT2D eigenvalue weighted by atomic mass is 79.9. The van der Waals surface area contributed by atoms with Gasteiger partial charge in [-0.2, -0.15) is 0 Å². The molecule has 3 aromatic carbocycles. The van der Waals surface area contributed by atoms with E-state index in [1.165, 1.54) is 0 Å². The van der Waals surface area contributed by atoms with Crippen LogP contribution in [0.15, 0.2) is 79.0 Å². The number of nitrogens with zero attached hydrogens (tertiary/aromatic N) is 1. The number of aryl methyl sites for hydroxylation is 1. The number of carbonyl (C=O) groups excluding carboxylic acids is 1. The minimum atomic E-state index is -0.311. The number of furan rings is 1. The maximum atomic E-state index is 12.6. The van der Waals surface area contributed by atoms with Crippen LogP contribution in [0.25, 0.3) is 11.0 Å². The molecule has 0 fully saturated rings. The van der Waals surface area contributed by atoms with Crippen LogP contribution >= 0.6 is 31.9 Å². The average molecular weight is 528 g/mol. The highest BCUT2D eigenvalue weighted by Gasteiger charge is 2.13. The third kappa shape index (κ3) is 4.32. The Labute approximate surface area is 189 Å². The van der Waals surface area contributed by atoms with Gasteiger partial charge < -0.3 is 14.8 Å². The van der Waals surface area contributed by atoms with Gasteiger partial charge in [-0.1, -0.05) is 34.1 Å². The summed E-state index contributed by atoms with van der Waals surface area (Å²) < 4.78 is 7.03. The second-order valence-corrected chi connectivity index (χ2v) is 8.46. The standard InChI is InChI=1S/C23H16Br2N2O3/c1-13-8-17(26-12-15-9-16(24)11-18(25)22(15)28)6-7-19(13)27-23(29)21-10-14-4-2-3-5-20(14)30-21/h2-12,28H,1H3,(H,27,29).